The van der Waals surface area contributed by atoms with Crippen LogP contribution >= 0.6 is 7.60 Å². The Morgan fingerprint density at radius 1 is 1.24 bits per heavy atom. The van der Waals surface area contributed by atoms with Crippen LogP contribution in [0.25, 0.3) is 0 Å². The van der Waals surface area contributed by atoms with Gasteiger partial charge in [0.1, 0.15) is 12.7 Å². The molecule has 9 nitrogen and oxygen atoms in total. The van der Waals surface area contributed by atoms with Crippen LogP contribution in [0.4, 0.5) is 13.6 Å². The molecule has 0 aromatic heterocycles. The van der Waals surface area contributed by atoms with E-state index in [-0.39, 0.29) is 37.6 Å². The molecule has 1 aromatic rings. The molecule has 1 unspecified atom stereocenters. The summed E-state index contributed by atoms with van der Waals surface area (Å²) in [6, 6.07) is 8.69. The number of carbonyl (C=O) groups excluding carboxylic acids is 1. The topological polar surface area (TPSA) is 146 Å². The Balaban J connectivity index is 0. The second kappa shape index (κ2) is 12.9. The molecular weight excluding hydrogens is 426 g/mol. The average molecular weight is 451 g/mol. The summed E-state index contributed by atoms with van der Waals surface area (Å²) in [5, 5.41) is 31.2. The van der Waals surface area contributed by atoms with Crippen molar-refractivity contribution in [3.63, 3.8) is 0 Å². The smallest absolute Gasteiger partial charge is 1.00 e. The number of hydrogen-bond donors (Lipinski definition) is 5. The molecule has 4 atom stereocenters. The summed E-state index contributed by atoms with van der Waals surface area (Å²) in [6.45, 7) is 0.110. The van der Waals surface area contributed by atoms with Gasteiger partial charge in [0.2, 0.25) is 0 Å². The molecule has 0 aliphatic carbocycles. The minimum absolute atomic E-state index is 0. The second-order valence-corrected chi connectivity index (χ2v) is 7.83. The van der Waals surface area contributed by atoms with Crippen molar-refractivity contribution in [3.05, 3.63) is 35.9 Å². The summed E-state index contributed by atoms with van der Waals surface area (Å²) in [7, 11) is -5.36. The van der Waals surface area contributed by atoms with E-state index in [4.69, 9.17) is 4.74 Å². The molecule has 1 amide bonds. The Morgan fingerprint density at radius 3 is 2.38 bits per heavy atom. The molecule has 5 N–H and O–H groups in total. The normalized spacial score (nSPS) is 16.7. The van der Waals surface area contributed by atoms with Gasteiger partial charge in [-0.05, 0) is 12.5 Å². The fourth-order valence-corrected chi connectivity index (χ4v) is 3.05. The van der Waals surface area contributed by atoms with Gasteiger partial charge in [0, 0.05) is 6.54 Å². The van der Waals surface area contributed by atoms with E-state index in [1.165, 1.54) is 6.92 Å². The molecule has 29 heavy (non-hydrogen) atoms. The van der Waals surface area contributed by atoms with Crippen LogP contribution in [0.1, 0.15) is 20.3 Å². The van der Waals surface area contributed by atoms with Crippen LogP contribution < -0.4 is 34.9 Å². The fourth-order valence-electron chi connectivity index (χ4n) is 2.10. The second-order valence-electron chi connectivity index (χ2n) is 5.88. The van der Waals surface area contributed by atoms with Gasteiger partial charge in [-0.25, -0.2) is 4.79 Å². The van der Waals surface area contributed by atoms with Gasteiger partial charge in [-0.2, -0.15) is 8.78 Å². The maximum Gasteiger partial charge on any atom is 1.00 e. The third-order valence-corrected chi connectivity index (χ3v) is 5.25. The Hall–Kier alpha value is -0.620. The molecule has 1 rings (SSSR count). The monoisotopic (exact) mass is 451 g/mol. The molecule has 0 radical (unpaired) electrons. The van der Waals surface area contributed by atoms with Crippen LogP contribution in [0.5, 0.6) is 0 Å². The summed E-state index contributed by atoms with van der Waals surface area (Å²) >= 11 is 0. The SMILES string of the molecule is CCOP(=O)(O)C(F)(F)C[C@@H](O)[C@@H](O)[C@@H](O)CNC(=O)OCc1ccccc1.[H-].[Na+]. The molecule has 1 aromatic carbocycles. The number of hydrogen-bond acceptors (Lipinski definition) is 7. The van der Waals surface area contributed by atoms with Crippen LogP contribution in [0.3, 0.4) is 0 Å². The molecule has 0 spiro atoms. The van der Waals surface area contributed by atoms with Crippen molar-refractivity contribution in [3.8, 4) is 0 Å². The first kappa shape index (κ1) is 28.4. The van der Waals surface area contributed by atoms with Gasteiger partial charge in [-0.3, -0.25) is 4.57 Å². The minimum Gasteiger partial charge on any atom is -1.00 e. The number of halogens is 2. The van der Waals surface area contributed by atoms with E-state index in [1.807, 2.05) is 0 Å². The number of amides is 1. The van der Waals surface area contributed by atoms with Crippen LogP contribution in [0.2, 0.25) is 0 Å². The van der Waals surface area contributed by atoms with Gasteiger partial charge in [0.15, 0.2) is 0 Å². The van der Waals surface area contributed by atoms with Crippen molar-refractivity contribution in [1.82, 2.24) is 5.32 Å². The van der Waals surface area contributed by atoms with Crippen molar-refractivity contribution in [2.75, 3.05) is 13.2 Å². The standard InChI is InChI=1S/C16H24F2NO8P.Na.H/c1-2-27-28(24,25)16(17,18)8-12(20)14(22)13(21)9-19-15(23)26-10-11-6-4-3-5-7-11;;/h3-7,12-14,20-22H,2,8-10H2,1H3,(H,19,23)(H,24,25);;/q;+1;-1/t12-,13+,14-;;/m1../s1. The summed E-state index contributed by atoms with van der Waals surface area (Å²) in [5.41, 5.74) is -3.64. The maximum atomic E-state index is 13.8. The molecule has 13 heteroatoms. The molecule has 0 heterocycles. The number of benzene rings is 1. The van der Waals surface area contributed by atoms with E-state index in [2.05, 4.69) is 9.84 Å². The number of alkyl halides is 2. The Morgan fingerprint density at radius 2 is 1.83 bits per heavy atom. The maximum absolute atomic E-state index is 13.8. The van der Waals surface area contributed by atoms with Crippen LogP contribution in [-0.4, -0.2) is 63.4 Å². The van der Waals surface area contributed by atoms with Gasteiger partial charge in [-0.1, -0.05) is 30.3 Å². The van der Waals surface area contributed by atoms with Crippen molar-refractivity contribution >= 4 is 13.7 Å². The molecular formula is C16H25F2NNaO8P. The van der Waals surface area contributed by atoms with E-state index in [1.54, 1.807) is 30.3 Å². The number of rotatable bonds is 11. The van der Waals surface area contributed by atoms with Crippen LogP contribution in [0.15, 0.2) is 30.3 Å². The number of aliphatic hydroxyl groups excluding tert-OH is 3. The third-order valence-electron chi connectivity index (χ3n) is 3.63. The van der Waals surface area contributed by atoms with Crippen LogP contribution in [-0.2, 0) is 20.4 Å². The van der Waals surface area contributed by atoms with Crippen molar-refractivity contribution in [2.45, 2.75) is 43.9 Å². The van der Waals surface area contributed by atoms with E-state index in [0.717, 1.165) is 0 Å². The first-order valence-corrected chi connectivity index (χ1v) is 9.92. The van der Waals surface area contributed by atoms with E-state index >= 15 is 0 Å². The number of alkyl carbamates (subject to hydrolysis) is 1. The largest absolute Gasteiger partial charge is 1.00 e. The molecule has 0 saturated carbocycles. The molecule has 0 saturated heterocycles. The first-order chi connectivity index (χ1) is 13.0. The number of nitrogens with one attached hydrogen (secondary N) is 1. The summed E-state index contributed by atoms with van der Waals surface area (Å²) in [5.74, 6) is 0. The molecule has 0 bridgehead atoms. The zero-order valence-electron chi connectivity index (χ0n) is 17.1. The molecule has 0 fully saturated rings. The quantitative estimate of drug-likeness (QED) is 0.198. The van der Waals surface area contributed by atoms with Crippen molar-refractivity contribution in [2.24, 2.45) is 0 Å². The first-order valence-electron chi connectivity index (χ1n) is 8.34. The van der Waals surface area contributed by atoms with Gasteiger partial charge < -0.3 is 36.2 Å². The van der Waals surface area contributed by atoms with Crippen molar-refractivity contribution < 1.29 is 78.6 Å². The number of ether oxygens (including phenoxy) is 1. The van der Waals surface area contributed by atoms with Gasteiger partial charge in [0.05, 0.1) is 25.2 Å². The zero-order valence-corrected chi connectivity index (χ0v) is 19.0. The van der Waals surface area contributed by atoms with Gasteiger partial charge in [-0.15, -0.1) is 0 Å². The zero-order chi connectivity index (χ0) is 21.4. The molecule has 0 aliphatic rings. The predicted octanol–water partition coefficient (Wildman–Crippen LogP) is -1.68. The Labute approximate surface area is 190 Å². The Kier molecular flexibility index (Phi) is 12.7. The van der Waals surface area contributed by atoms with Gasteiger partial charge in [0.25, 0.3) is 0 Å². The van der Waals surface area contributed by atoms with Gasteiger partial charge >= 0.3 is 48.9 Å². The van der Waals surface area contributed by atoms with E-state index in [0.29, 0.717) is 5.56 Å². The van der Waals surface area contributed by atoms with Crippen molar-refractivity contribution in [1.29, 1.82) is 0 Å². The molecule has 162 valence electrons. The Bertz CT molecular complexity index is 676. The average Bonchev–Trinajstić information content (AvgIpc) is 2.64. The minimum atomic E-state index is -5.36. The summed E-state index contributed by atoms with van der Waals surface area (Å²) in [4.78, 5) is 20.7. The third kappa shape index (κ3) is 9.37. The fraction of sp³-hybridized carbons (Fsp3) is 0.562. The van der Waals surface area contributed by atoms with E-state index < -0.39 is 57.2 Å². The predicted molar refractivity (Wildman–Crippen MR) is 94.8 cm³/mol. The van der Waals surface area contributed by atoms with Crippen LogP contribution in [0, 0.1) is 0 Å². The summed E-state index contributed by atoms with van der Waals surface area (Å²) < 4.78 is 47.9. The number of carbonyl (C=O) groups is 1. The molecule has 0 aliphatic heterocycles. The van der Waals surface area contributed by atoms with E-state index in [9.17, 15) is 38.4 Å². The number of aliphatic hydroxyl groups is 3. The summed E-state index contributed by atoms with van der Waals surface area (Å²) in [6.07, 6.45) is -8.78.